The van der Waals surface area contributed by atoms with Crippen molar-refractivity contribution in [2.24, 2.45) is 5.92 Å². The fourth-order valence-electron chi connectivity index (χ4n) is 3.76. The van der Waals surface area contributed by atoms with Crippen LogP contribution in [0, 0.1) is 12.8 Å². The Hall–Kier alpha value is -2.07. The van der Waals surface area contributed by atoms with E-state index in [-0.39, 0.29) is 12.1 Å². The lowest BCUT2D eigenvalue weighted by Crippen LogP contribution is -2.48. The molecule has 1 aromatic carbocycles. The van der Waals surface area contributed by atoms with E-state index in [4.69, 9.17) is 0 Å². The number of benzene rings is 1. The summed E-state index contributed by atoms with van der Waals surface area (Å²) in [6, 6.07) is 11.0. The topological polar surface area (TPSA) is 46.1 Å². The first kappa shape index (κ1) is 13.6. The first-order valence-electron chi connectivity index (χ1n) is 7.98. The fourth-order valence-corrected chi connectivity index (χ4v) is 3.76. The largest absolute Gasteiger partial charge is 0.333 e. The number of aryl methyl sites for hydroxylation is 1. The molecule has 0 spiro atoms. The molecule has 22 heavy (non-hydrogen) atoms. The maximum Gasteiger partial charge on any atom is 0.325 e. The molecule has 4 nitrogen and oxygen atoms in total. The van der Waals surface area contributed by atoms with Crippen molar-refractivity contribution in [3.63, 3.8) is 0 Å². The van der Waals surface area contributed by atoms with Gasteiger partial charge in [0.15, 0.2) is 0 Å². The van der Waals surface area contributed by atoms with E-state index in [1.807, 2.05) is 24.5 Å². The van der Waals surface area contributed by atoms with Gasteiger partial charge in [-0.2, -0.15) is 0 Å². The van der Waals surface area contributed by atoms with Gasteiger partial charge in [-0.05, 0) is 49.4 Å². The second kappa shape index (κ2) is 5.29. The fraction of sp³-hybridized carbons (Fsp3) is 0.389. The molecule has 2 bridgehead atoms. The second-order valence-corrected chi connectivity index (χ2v) is 6.59. The Morgan fingerprint density at radius 2 is 2.18 bits per heavy atom. The van der Waals surface area contributed by atoms with Crippen LogP contribution in [0.5, 0.6) is 0 Å². The lowest BCUT2D eigenvalue weighted by molar-refractivity contribution is 0.234. The van der Waals surface area contributed by atoms with Crippen LogP contribution in [0.4, 0.5) is 4.79 Å². The van der Waals surface area contributed by atoms with Crippen molar-refractivity contribution in [2.45, 2.75) is 31.8 Å². The molecule has 3 atom stereocenters. The summed E-state index contributed by atoms with van der Waals surface area (Å²) < 4.78 is 1.66. The smallest absolute Gasteiger partial charge is 0.325 e. The zero-order valence-corrected chi connectivity index (χ0v) is 12.8. The maximum absolute atomic E-state index is 12.4. The summed E-state index contributed by atoms with van der Waals surface area (Å²) in [5.41, 5.74) is 3.45. The van der Waals surface area contributed by atoms with Gasteiger partial charge in [-0.15, -0.1) is 0 Å². The Morgan fingerprint density at radius 3 is 2.91 bits per heavy atom. The van der Waals surface area contributed by atoms with Crippen LogP contribution >= 0.6 is 0 Å². The van der Waals surface area contributed by atoms with Crippen LogP contribution in [0.15, 0.2) is 42.7 Å². The highest BCUT2D eigenvalue weighted by atomic mass is 16.2. The van der Waals surface area contributed by atoms with Gasteiger partial charge in [0.05, 0.1) is 0 Å². The van der Waals surface area contributed by atoms with E-state index >= 15 is 0 Å². The van der Waals surface area contributed by atoms with Crippen LogP contribution in [0.2, 0.25) is 0 Å². The van der Waals surface area contributed by atoms with E-state index in [0.29, 0.717) is 6.04 Å². The molecule has 4 rings (SSSR count). The van der Waals surface area contributed by atoms with Crippen molar-refractivity contribution < 1.29 is 4.79 Å². The highest BCUT2D eigenvalue weighted by Gasteiger charge is 2.40. The highest BCUT2D eigenvalue weighted by Crippen LogP contribution is 2.31. The van der Waals surface area contributed by atoms with Crippen LogP contribution < -0.4 is 10.6 Å². The van der Waals surface area contributed by atoms with Gasteiger partial charge in [0.25, 0.3) is 0 Å². The third-order valence-electron chi connectivity index (χ3n) is 4.92. The standard InChI is InChI=1S/C18H21N3O/c1-12-3-2-4-14(7-12)15-5-6-21(11-15)18(22)20-17-9-13-8-16(17)19-10-13/h2-7,11,13,16-17,19H,8-10H2,1H3,(H,20,22). The minimum atomic E-state index is -0.0294. The summed E-state index contributed by atoms with van der Waals surface area (Å²) in [5.74, 6) is 0.739. The average molecular weight is 295 g/mol. The monoisotopic (exact) mass is 295 g/mol. The number of rotatable bonds is 2. The third-order valence-corrected chi connectivity index (χ3v) is 4.92. The Balaban J connectivity index is 1.48. The first-order valence-corrected chi connectivity index (χ1v) is 7.98. The second-order valence-electron chi connectivity index (χ2n) is 6.59. The van der Waals surface area contributed by atoms with Gasteiger partial charge < -0.3 is 10.6 Å². The quantitative estimate of drug-likeness (QED) is 0.895. The molecule has 1 aliphatic carbocycles. The number of piperidine rings is 1. The number of amides is 1. The van der Waals surface area contributed by atoms with Gasteiger partial charge in [-0.25, -0.2) is 4.79 Å². The summed E-state index contributed by atoms with van der Waals surface area (Å²) in [4.78, 5) is 12.4. The van der Waals surface area contributed by atoms with Gasteiger partial charge >= 0.3 is 6.03 Å². The summed E-state index contributed by atoms with van der Waals surface area (Å²) in [7, 11) is 0. The lowest BCUT2D eigenvalue weighted by Gasteiger charge is -2.23. The number of hydrogen-bond acceptors (Lipinski definition) is 2. The zero-order chi connectivity index (χ0) is 15.1. The van der Waals surface area contributed by atoms with Crippen LogP contribution in [0.1, 0.15) is 18.4 Å². The Bertz CT molecular complexity index is 706. The van der Waals surface area contributed by atoms with Crippen molar-refractivity contribution in [3.8, 4) is 11.1 Å². The van der Waals surface area contributed by atoms with Crippen molar-refractivity contribution >= 4 is 6.03 Å². The van der Waals surface area contributed by atoms with E-state index in [0.717, 1.165) is 30.0 Å². The zero-order valence-electron chi connectivity index (χ0n) is 12.8. The van der Waals surface area contributed by atoms with Crippen LogP contribution in [-0.4, -0.2) is 29.2 Å². The summed E-state index contributed by atoms with van der Waals surface area (Å²) in [6.45, 7) is 3.19. The van der Waals surface area contributed by atoms with Crippen molar-refractivity contribution in [2.75, 3.05) is 6.54 Å². The van der Waals surface area contributed by atoms with Gasteiger partial charge in [0.2, 0.25) is 0 Å². The van der Waals surface area contributed by atoms with Gasteiger partial charge in [0, 0.05) is 24.5 Å². The number of carbonyl (C=O) groups excluding carboxylic acids is 1. The number of hydrogen-bond donors (Lipinski definition) is 2. The Morgan fingerprint density at radius 1 is 1.27 bits per heavy atom. The van der Waals surface area contributed by atoms with Crippen LogP contribution in [0.25, 0.3) is 11.1 Å². The molecule has 1 saturated carbocycles. The minimum Gasteiger partial charge on any atom is -0.333 e. The Kier molecular flexibility index (Phi) is 3.26. The van der Waals surface area contributed by atoms with E-state index in [2.05, 4.69) is 35.8 Å². The molecule has 1 aromatic heterocycles. The normalized spacial score (nSPS) is 26.3. The average Bonchev–Trinajstić information content (AvgIpc) is 3.23. The minimum absolute atomic E-state index is 0.0294. The number of nitrogens with one attached hydrogen (secondary N) is 2. The molecule has 0 radical (unpaired) electrons. The third kappa shape index (κ3) is 2.44. The number of carbonyl (C=O) groups is 1. The van der Waals surface area contributed by atoms with Gasteiger partial charge in [-0.1, -0.05) is 29.8 Å². The molecule has 2 aliphatic rings. The van der Waals surface area contributed by atoms with E-state index in [1.54, 1.807) is 4.57 Å². The maximum atomic E-state index is 12.4. The highest BCUT2D eigenvalue weighted by molar-refractivity contribution is 5.79. The molecular weight excluding hydrogens is 274 g/mol. The van der Waals surface area contributed by atoms with Gasteiger partial charge in [0.1, 0.15) is 0 Å². The van der Waals surface area contributed by atoms with Crippen LogP contribution in [-0.2, 0) is 0 Å². The summed E-state index contributed by atoms with van der Waals surface area (Å²) in [5, 5.41) is 6.64. The molecule has 1 aliphatic heterocycles. The van der Waals surface area contributed by atoms with Gasteiger partial charge in [-0.3, -0.25) is 4.57 Å². The van der Waals surface area contributed by atoms with Crippen LogP contribution in [0.3, 0.4) is 0 Å². The lowest BCUT2D eigenvalue weighted by atomic mass is 10.1. The molecule has 1 saturated heterocycles. The van der Waals surface area contributed by atoms with Crippen molar-refractivity contribution in [1.82, 2.24) is 15.2 Å². The molecule has 2 N–H and O–H groups in total. The van der Waals surface area contributed by atoms with Crippen molar-refractivity contribution in [1.29, 1.82) is 0 Å². The van der Waals surface area contributed by atoms with Crippen molar-refractivity contribution in [3.05, 3.63) is 48.3 Å². The van der Waals surface area contributed by atoms with E-state index < -0.39 is 0 Å². The number of fused-ring (bicyclic) bond motifs is 2. The van der Waals surface area contributed by atoms with E-state index in [9.17, 15) is 4.79 Å². The predicted molar refractivity (Wildman–Crippen MR) is 86.8 cm³/mol. The number of aromatic nitrogens is 1. The summed E-state index contributed by atoms with van der Waals surface area (Å²) in [6.07, 6.45) is 6.05. The molecule has 2 aromatic rings. The molecular formula is C18H21N3O. The molecule has 1 amide bonds. The Labute approximate surface area is 130 Å². The summed E-state index contributed by atoms with van der Waals surface area (Å²) >= 11 is 0. The molecule has 114 valence electrons. The molecule has 2 fully saturated rings. The SMILES string of the molecule is Cc1cccc(-c2ccn(C(=O)NC3CC4CNC3C4)c2)c1. The molecule has 4 heteroatoms. The number of nitrogens with zero attached hydrogens (tertiary/aromatic N) is 1. The molecule has 3 unspecified atom stereocenters. The van der Waals surface area contributed by atoms with E-state index in [1.165, 1.54) is 12.0 Å². The first-order chi connectivity index (χ1) is 10.7. The molecule has 2 heterocycles. The predicted octanol–water partition coefficient (Wildman–Crippen LogP) is 2.77.